The van der Waals surface area contributed by atoms with Crippen molar-refractivity contribution >= 4 is 28.8 Å². The zero-order valence-corrected chi connectivity index (χ0v) is 21.0. The van der Waals surface area contributed by atoms with Crippen molar-refractivity contribution in [2.24, 2.45) is 0 Å². The molecule has 1 saturated carbocycles. The van der Waals surface area contributed by atoms with Gasteiger partial charge in [-0.2, -0.15) is 0 Å². The van der Waals surface area contributed by atoms with Gasteiger partial charge in [0.1, 0.15) is 16.9 Å². The van der Waals surface area contributed by atoms with Crippen molar-refractivity contribution in [1.82, 2.24) is 24.8 Å². The van der Waals surface area contributed by atoms with Crippen molar-refractivity contribution in [1.29, 1.82) is 0 Å². The van der Waals surface area contributed by atoms with Crippen LogP contribution in [0.5, 0.6) is 5.75 Å². The first-order chi connectivity index (χ1) is 17.2. The van der Waals surface area contributed by atoms with Crippen molar-refractivity contribution in [3.05, 3.63) is 42.0 Å². The Bertz CT molecular complexity index is 1250. The highest BCUT2D eigenvalue weighted by Crippen LogP contribution is 2.31. The predicted molar refractivity (Wildman–Crippen MR) is 137 cm³/mol. The van der Waals surface area contributed by atoms with Gasteiger partial charge in [0.05, 0.1) is 23.9 Å². The van der Waals surface area contributed by atoms with Crippen LogP contribution in [0.3, 0.4) is 0 Å². The zero-order valence-electron chi connectivity index (χ0n) is 21.0. The number of amides is 1. The Kier molecular flexibility index (Phi) is 6.51. The summed E-state index contributed by atoms with van der Waals surface area (Å²) in [6, 6.07) is 3.88. The Morgan fingerprint density at radius 2 is 1.89 bits per heavy atom. The van der Waals surface area contributed by atoms with Crippen LogP contribution in [-0.2, 0) is 17.7 Å². The number of nitrogens with one attached hydrogen (secondary N) is 1. The summed E-state index contributed by atoms with van der Waals surface area (Å²) in [5, 5.41) is 3.48. The monoisotopic (exact) mass is 491 g/mol. The van der Waals surface area contributed by atoms with Crippen LogP contribution in [0.25, 0.3) is 11.0 Å². The average Bonchev–Trinajstić information content (AvgIpc) is 2.83. The molecule has 0 spiro atoms. The molecule has 0 bridgehead atoms. The Balaban J connectivity index is 1.18. The molecule has 3 aromatic rings. The zero-order chi connectivity index (χ0) is 25.3. The molecule has 10 nitrogen and oxygen atoms in total. The van der Waals surface area contributed by atoms with Crippen LogP contribution < -0.4 is 15.8 Å². The van der Waals surface area contributed by atoms with Gasteiger partial charge in [0.2, 0.25) is 5.95 Å². The molecule has 3 heterocycles. The standard InChI is InChI=1S/C26H33N7O3/c1-26(2,3)36-25(34)33-11-8-16-14-30-24(32-21(16)15-33)31-18-4-6-19(7-5-18)35-22-13-17(27)12-20-23(22)29-10-9-28-20/h9-10,12-14,18-19H,4-8,11,15,27H2,1-3H3,(H,30,31,32). The molecule has 1 aliphatic carbocycles. The molecule has 2 aromatic heterocycles. The minimum absolute atomic E-state index is 0.0851. The third kappa shape index (κ3) is 5.58. The lowest BCUT2D eigenvalue weighted by Crippen LogP contribution is -2.40. The second kappa shape index (κ2) is 9.75. The minimum Gasteiger partial charge on any atom is -0.488 e. The Labute approximate surface area is 210 Å². The number of nitrogens with two attached hydrogens (primary N) is 1. The maximum absolute atomic E-state index is 12.5. The van der Waals surface area contributed by atoms with Crippen LogP contribution in [0.2, 0.25) is 0 Å². The Morgan fingerprint density at radius 1 is 1.11 bits per heavy atom. The van der Waals surface area contributed by atoms with E-state index in [9.17, 15) is 4.79 Å². The molecule has 0 saturated heterocycles. The van der Waals surface area contributed by atoms with E-state index in [0.717, 1.165) is 54.4 Å². The lowest BCUT2D eigenvalue weighted by molar-refractivity contribution is 0.0220. The fraction of sp³-hybridized carbons (Fsp3) is 0.500. The van der Waals surface area contributed by atoms with E-state index in [4.69, 9.17) is 20.2 Å². The van der Waals surface area contributed by atoms with E-state index in [0.29, 0.717) is 30.5 Å². The van der Waals surface area contributed by atoms with Crippen LogP contribution in [-0.4, -0.2) is 55.2 Å². The number of aromatic nitrogens is 4. The molecule has 36 heavy (non-hydrogen) atoms. The van der Waals surface area contributed by atoms with Gasteiger partial charge in [0.15, 0.2) is 0 Å². The highest BCUT2D eigenvalue weighted by Gasteiger charge is 2.28. The molecule has 0 unspecified atom stereocenters. The lowest BCUT2D eigenvalue weighted by atomic mass is 9.93. The van der Waals surface area contributed by atoms with Crippen LogP contribution in [0.15, 0.2) is 30.7 Å². The van der Waals surface area contributed by atoms with E-state index in [2.05, 4.69) is 20.3 Å². The fourth-order valence-electron chi connectivity index (χ4n) is 4.70. The number of fused-ring (bicyclic) bond motifs is 2. The summed E-state index contributed by atoms with van der Waals surface area (Å²) < 4.78 is 11.8. The van der Waals surface area contributed by atoms with E-state index in [1.54, 1.807) is 23.4 Å². The third-order valence-corrected chi connectivity index (χ3v) is 6.46. The largest absolute Gasteiger partial charge is 0.488 e. The summed E-state index contributed by atoms with van der Waals surface area (Å²) in [6.07, 6.45) is 9.34. The molecule has 3 N–H and O–H groups in total. The molecule has 0 radical (unpaired) electrons. The first-order valence-corrected chi connectivity index (χ1v) is 12.5. The number of ether oxygens (including phenoxy) is 2. The maximum atomic E-state index is 12.5. The van der Waals surface area contributed by atoms with E-state index >= 15 is 0 Å². The van der Waals surface area contributed by atoms with Gasteiger partial charge in [0, 0.05) is 42.9 Å². The van der Waals surface area contributed by atoms with E-state index in [1.165, 1.54) is 0 Å². The smallest absolute Gasteiger partial charge is 0.410 e. The minimum atomic E-state index is -0.522. The first kappa shape index (κ1) is 24.0. The van der Waals surface area contributed by atoms with Crippen LogP contribution >= 0.6 is 0 Å². The number of carbonyl (C=O) groups is 1. The summed E-state index contributed by atoms with van der Waals surface area (Å²) in [5.74, 6) is 1.28. The number of nitrogens with zero attached hydrogens (tertiary/aromatic N) is 5. The predicted octanol–water partition coefficient (Wildman–Crippen LogP) is 4.10. The quantitative estimate of drug-likeness (QED) is 0.518. The summed E-state index contributed by atoms with van der Waals surface area (Å²) in [6.45, 7) is 6.66. The van der Waals surface area contributed by atoms with Crippen LogP contribution in [0, 0.1) is 0 Å². The van der Waals surface area contributed by atoms with Gasteiger partial charge < -0.3 is 25.4 Å². The van der Waals surface area contributed by atoms with Crippen molar-refractivity contribution in [2.75, 3.05) is 17.6 Å². The van der Waals surface area contributed by atoms with Gasteiger partial charge in [-0.25, -0.2) is 19.7 Å². The second-order valence-corrected chi connectivity index (χ2v) is 10.5. The van der Waals surface area contributed by atoms with Crippen molar-refractivity contribution in [2.45, 2.75) is 77.2 Å². The third-order valence-electron chi connectivity index (χ3n) is 6.46. The molecule has 1 fully saturated rings. The Hall–Kier alpha value is -3.69. The van der Waals surface area contributed by atoms with Crippen molar-refractivity contribution < 1.29 is 14.3 Å². The molecule has 1 amide bonds. The molecule has 0 atom stereocenters. The van der Waals surface area contributed by atoms with E-state index in [-0.39, 0.29) is 18.2 Å². The van der Waals surface area contributed by atoms with Gasteiger partial charge in [-0.05, 0) is 64.5 Å². The topological polar surface area (TPSA) is 128 Å². The number of hydrogen-bond donors (Lipinski definition) is 2. The fourth-order valence-corrected chi connectivity index (χ4v) is 4.70. The van der Waals surface area contributed by atoms with Crippen LogP contribution in [0.4, 0.5) is 16.4 Å². The molecule has 1 aliphatic heterocycles. The molecule has 190 valence electrons. The normalized spacial score (nSPS) is 20.0. The molecule has 10 heteroatoms. The van der Waals surface area contributed by atoms with Gasteiger partial charge in [-0.15, -0.1) is 0 Å². The molecule has 2 aliphatic rings. The van der Waals surface area contributed by atoms with Crippen molar-refractivity contribution in [3.8, 4) is 5.75 Å². The number of nitrogen functional groups attached to an aromatic ring is 1. The summed E-state index contributed by atoms with van der Waals surface area (Å²) >= 11 is 0. The maximum Gasteiger partial charge on any atom is 0.410 e. The number of hydrogen-bond acceptors (Lipinski definition) is 9. The number of rotatable bonds is 4. The molecule has 5 rings (SSSR count). The summed E-state index contributed by atoms with van der Waals surface area (Å²) in [5.41, 5.74) is 9.55. The highest BCUT2D eigenvalue weighted by atomic mass is 16.6. The highest BCUT2D eigenvalue weighted by molar-refractivity contribution is 5.84. The number of benzene rings is 1. The van der Waals surface area contributed by atoms with Gasteiger partial charge in [0.25, 0.3) is 0 Å². The number of carbonyl (C=O) groups excluding carboxylic acids is 1. The summed E-state index contributed by atoms with van der Waals surface area (Å²) in [7, 11) is 0. The molecule has 1 aromatic carbocycles. The first-order valence-electron chi connectivity index (χ1n) is 12.5. The van der Waals surface area contributed by atoms with Crippen molar-refractivity contribution in [3.63, 3.8) is 0 Å². The van der Waals surface area contributed by atoms with Crippen LogP contribution in [0.1, 0.15) is 57.7 Å². The Morgan fingerprint density at radius 3 is 2.67 bits per heavy atom. The van der Waals surface area contributed by atoms with Gasteiger partial charge in [-0.3, -0.25) is 4.98 Å². The molecular formula is C26H33N7O3. The SMILES string of the molecule is CC(C)(C)OC(=O)N1CCc2cnc(NC3CCC(Oc4cc(N)cc5nccnc45)CC3)nc2C1. The average molecular weight is 492 g/mol. The lowest BCUT2D eigenvalue weighted by Gasteiger charge is -2.31. The van der Waals surface area contributed by atoms with E-state index < -0.39 is 5.60 Å². The summed E-state index contributed by atoms with van der Waals surface area (Å²) in [4.78, 5) is 32.2. The molecular weight excluding hydrogens is 458 g/mol. The van der Waals surface area contributed by atoms with Gasteiger partial charge >= 0.3 is 6.09 Å². The second-order valence-electron chi connectivity index (χ2n) is 10.5. The number of anilines is 2. The van der Waals surface area contributed by atoms with Gasteiger partial charge in [-0.1, -0.05) is 0 Å². The van der Waals surface area contributed by atoms with E-state index in [1.807, 2.05) is 33.0 Å².